The maximum atomic E-state index is 11.7. The van der Waals surface area contributed by atoms with Crippen molar-refractivity contribution in [2.75, 3.05) is 17.7 Å². The number of hydrogen-bond acceptors (Lipinski definition) is 4. The van der Waals surface area contributed by atoms with E-state index in [1.165, 1.54) is 14.0 Å². The summed E-state index contributed by atoms with van der Waals surface area (Å²) in [5.74, 6) is -0.549. The standard InChI is InChI=1S/C13H15N3O3/c1-8(17)14-9-3-5-10(6-4-9)15-11-7-12(18)16(2)13(11)19/h3-6,11,15H,7H2,1-2H3,(H,14,17). The van der Waals surface area contributed by atoms with Crippen LogP contribution >= 0.6 is 0 Å². The molecule has 6 heteroatoms. The predicted octanol–water partition coefficient (Wildman–Crippen LogP) is 0.814. The van der Waals surface area contributed by atoms with Gasteiger partial charge in [-0.25, -0.2) is 0 Å². The molecule has 6 nitrogen and oxygen atoms in total. The number of carbonyl (C=O) groups is 3. The van der Waals surface area contributed by atoms with E-state index in [1.54, 1.807) is 24.3 Å². The molecule has 1 heterocycles. The summed E-state index contributed by atoms with van der Waals surface area (Å²) < 4.78 is 0. The summed E-state index contributed by atoms with van der Waals surface area (Å²) in [4.78, 5) is 35.1. The van der Waals surface area contributed by atoms with Crippen LogP contribution in [0.15, 0.2) is 24.3 Å². The van der Waals surface area contributed by atoms with Gasteiger partial charge in [0.15, 0.2) is 0 Å². The van der Waals surface area contributed by atoms with Crippen LogP contribution in [0.5, 0.6) is 0 Å². The number of benzene rings is 1. The van der Waals surface area contributed by atoms with Crippen LogP contribution < -0.4 is 10.6 Å². The lowest BCUT2D eigenvalue weighted by atomic mass is 10.2. The van der Waals surface area contributed by atoms with Gasteiger partial charge in [0.05, 0.1) is 6.42 Å². The van der Waals surface area contributed by atoms with Crippen molar-refractivity contribution < 1.29 is 14.4 Å². The number of nitrogens with zero attached hydrogens (tertiary/aromatic N) is 1. The van der Waals surface area contributed by atoms with Crippen molar-refractivity contribution in [2.24, 2.45) is 0 Å². The number of rotatable bonds is 3. The first-order valence-corrected chi connectivity index (χ1v) is 5.92. The minimum absolute atomic E-state index is 0.140. The van der Waals surface area contributed by atoms with Crippen molar-refractivity contribution in [2.45, 2.75) is 19.4 Å². The van der Waals surface area contributed by atoms with Crippen LogP contribution in [0.1, 0.15) is 13.3 Å². The molecule has 1 unspecified atom stereocenters. The van der Waals surface area contributed by atoms with E-state index in [0.29, 0.717) is 5.69 Å². The zero-order chi connectivity index (χ0) is 14.0. The molecule has 1 fully saturated rings. The zero-order valence-corrected chi connectivity index (χ0v) is 10.8. The number of anilines is 2. The normalized spacial score (nSPS) is 18.6. The molecule has 1 saturated heterocycles. The summed E-state index contributed by atoms with van der Waals surface area (Å²) in [6.45, 7) is 1.44. The Bertz CT molecular complexity index is 524. The first kappa shape index (κ1) is 13.1. The molecule has 0 saturated carbocycles. The minimum Gasteiger partial charge on any atom is -0.373 e. The highest BCUT2D eigenvalue weighted by atomic mass is 16.2. The molecular weight excluding hydrogens is 246 g/mol. The van der Waals surface area contributed by atoms with Crippen LogP contribution in [-0.2, 0) is 14.4 Å². The van der Waals surface area contributed by atoms with Crippen molar-refractivity contribution >= 4 is 29.1 Å². The Labute approximate surface area is 110 Å². The number of likely N-dealkylation sites (tertiary alicyclic amines) is 1. The van der Waals surface area contributed by atoms with Gasteiger partial charge >= 0.3 is 0 Å². The average molecular weight is 261 g/mol. The molecule has 0 aliphatic carbocycles. The van der Waals surface area contributed by atoms with Crippen LogP contribution in [-0.4, -0.2) is 35.7 Å². The highest BCUT2D eigenvalue weighted by molar-refractivity contribution is 6.06. The lowest BCUT2D eigenvalue weighted by molar-refractivity contribution is -0.136. The van der Waals surface area contributed by atoms with Crippen molar-refractivity contribution in [1.29, 1.82) is 0 Å². The molecule has 100 valence electrons. The van der Waals surface area contributed by atoms with Crippen molar-refractivity contribution in [3.63, 3.8) is 0 Å². The molecule has 0 aromatic heterocycles. The average Bonchev–Trinajstić information content (AvgIpc) is 2.59. The van der Waals surface area contributed by atoms with Crippen LogP contribution in [0.3, 0.4) is 0 Å². The number of imide groups is 1. The zero-order valence-electron chi connectivity index (χ0n) is 10.8. The summed E-state index contributed by atoms with van der Waals surface area (Å²) in [7, 11) is 1.48. The topological polar surface area (TPSA) is 78.5 Å². The van der Waals surface area contributed by atoms with Crippen molar-refractivity contribution in [3.8, 4) is 0 Å². The van der Waals surface area contributed by atoms with Gasteiger partial charge in [0.1, 0.15) is 6.04 Å². The van der Waals surface area contributed by atoms with E-state index in [4.69, 9.17) is 0 Å². The molecule has 2 rings (SSSR count). The molecule has 3 amide bonds. The molecule has 1 atom stereocenters. The van der Waals surface area contributed by atoms with E-state index >= 15 is 0 Å². The highest BCUT2D eigenvalue weighted by Gasteiger charge is 2.35. The van der Waals surface area contributed by atoms with Gasteiger partial charge in [0.2, 0.25) is 11.8 Å². The van der Waals surface area contributed by atoms with Crippen LogP contribution in [0.2, 0.25) is 0 Å². The van der Waals surface area contributed by atoms with Crippen LogP contribution in [0.25, 0.3) is 0 Å². The largest absolute Gasteiger partial charge is 0.373 e. The summed E-state index contributed by atoms with van der Waals surface area (Å²) in [5, 5.41) is 5.66. The van der Waals surface area contributed by atoms with Crippen LogP contribution in [0, 0.1) is 0 Å². The Hall–Kier alpha value is -2.37. The Kier molecular flexibility index (Phi) is 3.50. The summed E-state index contributed by atoms with van der Waals surface area (Å²) in [6, 6.07) is 6.45. The smallest absolute Gasteiger partial charge is 0.251 e. The number of likely N-dealkylation sites (N-methyl/N-ethyl adjacent to an activating group) is 1. The molecule has 0 spiro atoms. The lowest BCUT2D eigenvalue weighted by Crippen LogP contribution is -2.31. The van der Waals surface area contributed by atoms with Crippen molar-refractivity contribution in [1.82, 2.24) is 4.90 Å². The lowest BCUT2D eigenvalue weighted by Gasteiger charge is -2.12. The fraction of sp³-hybridized carbons (Fsp3) is 0.308. The van der Waals surface area contributed by atoms with E-state index in [1.807, 2.05) is 0 Å². The number of hydrogen-bond donors (Lipinski definition) is 2. The van der Waals surface area contributed by atoms with Crippen molar-refractivity contribution in [3.05, 3.63) is 24.3 Å². The van der Waals surface area contributed by atoms with Gasteiger partial charge in [-0.3, -0.25) is 19.3 Å². The van der Waals surface area contributed by atoms with Gasteiger partial charge < -0.3 is 10.6 Å². The third kappa shape index (κ3) is 2.90. The second kappa shape index (κ2) is 5.09. The Morgan fingerprint density at radius 2 is 1.79 bits per heavy atom. The minimum atomic E-state index is -0.510. The molecule has 1 aromatic carbocycles. The predicted molar refractivity (Wildman–Crippen MR) is 70.6 cm³/mol. The third-order valence-corrected chi connectivity index (χ3v) is 2.93. The Balaban J connectivity index is 2.02. The Morgan fingerprint density at radius 1 is 1.21 bits per heavy atom. The maximum Gasteiger partial charge on any atom is 0.251 e. The second-order valence-electron chi connectivity index (χ2n) is 4.45. The summed E-state index contributed by atoms with van der Waals surface area (Å²) in [6.07, 6.45) is 0.169. The molecule has 19 heavy (non-hydrogen) atoms. The Morgan fingerprint density at radius 3 is 2.26 bits per heavy atom. The molecule has 1 aliphatic heterocycles. The summed E-state index contributed by atoms with van der Waals surface area (Å²) in [5.41, 5.74) is 1.42. The quantitative estimate of drug-likeness (QED) is 0.789. The molecule has 1 aliphatic rings. The molecular formula is C13H15N3O3. The SMILES string of the molecule is CC(=O)Nc1ccc(NC2CC(=O)N(C)C2=O)cc1. The monoisotopic (exact) mass is 261 g/mol. The maximum absolute atomic E-state index is 11.7. The highest BCUT2D eigenvalue weighted by Crippen LogP contribution is 2.19. The van der Waals surface area contributed by atoms with E-state index in [9.17, 15) is 14.4 Å². The first-order chi connectivity index (χ1) is 8.97. The van der Waals surface area contributed by atoms with Crippen LogP contribution in [0.4, 0.5) is 11.4 Å². The first-order valence-electron chi connectivity index (χ1n) is 5.92. The fourth-order valence-electron chi connectivity index (χ4n) is 1.92. The van der Waals surface area contributed by atoms with Gasteiger partial charge in [0, 0.05) is 25.3 Å². The third-order valence-electron chi connectivity index (χ3n) is 2.93. The van der Waals surface area contributed by atoms with E-state index in [2.05, 4.69) is 10.6 Å². The van der Waals surface area contributed by atoms with Gasteiger partial charge in [-0.05, 0) is 24.3 Å². The number of carbonyl (C=O) groups excluding carboxylic acids is 3. The molecule has 1 aromatic rings. The fourth-order valence-corrected chi connectivity index (χ4v) is 1.92. The number of nitrogens with one attached hydrogen (secondary N) is 2. The van der Waals surface area contributed by atoms with Gasteiger partial charge in [0.25, 0.3) is 5.91 Å². The molecule has 0 radical (unpaired) electrons. The van der Waals surface area contributed by atoms with Gasteiger partial charge in [-0.2, -0.15) is 0 Å². The van der Waals surface area contributed by atoms with Gasteiger partial charge in [-0.1, -0.05) is 0 Å². The van der Waals surface area contributed by atoms with Gasteiger partial charge in [-0.15, -0.1) is 0 Å². The van der Waals surface area contributed by atoms with E-state index < -0.39 is 6.04 Å². The number of amides is 3. The second-order valence-corrected chi connectivity index (χ2v) is 4.45. The molecule has 0 bridgehead atoms. The molecule has 2 N–H and O–H groups in total. The summed E-state index contributed by atoms with van der Waals surface area (Å²) >= 11 is 0. The van der Waals surface area contributed by atoms with E-state index in [-0.39, 0.29) is 24.1 Å². The van der Waals surface area contributed by atoms with E-state index in [0.717, 1.165) is 10.6 Å².